The molecule has 0 spiro atoms. The smallest absolute Gasteiger partial charge is 0.226 e. The summed E-state index contributed by atoms with van der Waals surface area (Å²) in [6, 6.07) is 8.46. The summed E-state index contributed by atoms with van der Waals surface area (Å²) in [5.74, 6) is 1.17. The van der Waals surface area contributed by atoms with Crippen molar-refractivity contribution in [2.75, 3.05) is 38.6 Å². The molecule has 1 aliphatic carbocycles. The van der Waals surface area contributed by atoms with Gasteiger partial charge in [-0.05, 0) is 36.9 Å². The number of benzene rings is 1. The Morgan fingerprint density at radius 1 is 1.10 bits per heavy atom. The zero-order valence-corrected chi connectivity index (χ0v) is 13.2. The molecule has 1 saturated heterocycles. The summed E-state index contributed by atoms with van der Waals surface area (Å²) >= 11 is 5.82. The molecule has 0 saturated carbocycles. The molecule has 4 heteroatoms. The molecule has 1 fully saturated rings. The van der Waals surface area contributed by atoms with Crippen molar-refractivity contribution in [3.8, 4) is 0 Å². The second-order valence-corrected chi connectivity index (χ2v) is 6.46. The third-order valence-electron chi connectivity index (χ3n) is 4.70. The highest BCUT2D eigenvalue weighted by molar-refractivity contribution is 6.18. The molecule has 0 radical (unpaired) electrons. The summed E-state index contributed by atoms with van der Waals surface area (Å²) in [4.78, 5) is 17.2. The van der Waals surface area contributed by atoms with Crippen molar-refractivity contribution < 1.29 is 4.79 Å². The highest BCUT2D eigenvalue weighted by atomic mass is 35.5. The van der Waals surface area contributed by atoms with E-state index in [2.05, 4.69) is 34.1 Å². The van der Waals surface area contributed by atoms with E-state index in [1.54, 1.807) is 0 Å². The van der Waals surface area contributed by atoms with Crippen molar-refractivity contribution in [2.45, 2.75) is 19.3 Å². The average molecular weight is 307 g/mol. The molecule has 21 heavy (non-hydrogen) atoms. The lowest BCUT2D eigenvalue weighted by molar-refractivity contribution is -0.135. The van der Waals surface area contributed by atoms with E-state index >= 15 is 0 Å². The summed E-state index contributed by atoms with van der Waals surface area (Å²) in [7, 11) is 0. The van der Waals surface area contributed by atoms with Crippen molar-refractivity contribution >= 4 is 17.5 Å². The van der Waals surface area contributed by atoms with E-state index in [9.17, 15) is 4.79 Å². The number of amides is 1. The number of carbonyl (C=O) groups is 1. The van der Waals surface area contributed by atoms with Gasteiger partial charge in [0.15, 0.2) is 0 Å². The minimum atomic E-state index is 0.155. The van der Waals surface area contributed by atoms with Crippen molar-refractivity contribution in [1.29, 1.82) is 0 Å². The van der Waals surface area contributed by atoms with Gasteiger partial charge in [0.25, 0.3) is 0 Å². The molecule has 0 unspecified atom stereocenters. The van der Waals surface area contributed by atoms with Crippen LogP contribution in [0.3, 0.4) is 0 Å². The molecular formula is C17H23ClN2O. The minimum Gasteiger partial charge on any atom is -0.341 e. The van der Waals surface area contributed by atoms with Gasteiger partial charge >= 0.3 is 0 Å². The maximum absolute atomic E-state index is 12.8. The van der Waals surface area contributed by atoms with Crippen LogP contribution in [0.15, 0.2) is 24.3 Å². The first-order chi connectivity index (χ1) is 10.3. The van der Waals surface area contributed by atoms with Crippen LogP contribution in [0, 0.1) is 5.92 Å². The predicted octanol–water partition coefficient (Wildman–Crippen LogP) is 2.17. The highest BCUT2D eigenvalue weighted by Gasteiger charge is 2.31. The fraction of sp³-hybridized carbons (Fsp3) is 0.588. The lowest BCUT2D eigenvalue weighted by Crippen LogP contribution is -2.39. The van der Waals surface area contributed by atoms with Crippen LogP contribution in [0.5, 0.6) is 0 Å². The molecule has 0 N–H and O–H groups in total. The second kappa shape index (κ2) is 6.80. The van der Waals surface area contributed by atoms with E-state index in [0.717, 1.165) is 52.0 Å². The SMILES string of the molecule is O=C(C1Cc2ccccc2C1)N1CCCN(CCCl)CC1. The number of halogens is 1. The summed E-state index contributed by atoms with van der Waals surface area (Å²) in [6.07, 6.45) is 2.89. The molecule has 0 aromatic heterocycles. The largest absolute Gasteiger partial charge is 0.341 e. The van der Waals surface area contributed by atoms with Crippen LogP contribution in [0.25, 0.3) is 0 Å². The first kappa shape index (κ1) is 14.9. The summed E-state index contributed by atoms with van der Waals surface area (Å²) in [5.41, 5.74) is 2.71. The molecule has 2 aliphatic rings. The van der Waals surface area contributed by atoms with Crippen molar-refractivity contribution in [2.24, 2.45) is 5.92 Å². The van der Waals surface area contributed by atoms with Crippen LogP contribution < -0.4 is 0 Å². The fourth-order valence-corrected chi connectivity index (χ4v) is 3.77. The number of carbonyl (C=O) groups excluding carboxylic acids is 1. The number of nitrogens with zero attached hydrogens (tertiary/aromatic N) is 2. The van der Waals surface area contributed by atoms with Crippen LogP contribution in [0.4, 0.5) is 0 Å². The van der Waals surface area contributed by atoms with E-state index in [0.29, 0.717) is 11.8 Å². The molecule has 3 nitrogen and oxygen atoms in total. The predicted molar refractivity (Wildman–Crippen MR) is 85.7 cm³/mol. The Balaban J connectivity index is 1.59. The lowest BCUT2D eigenvalue weighted by atomic mass is 10.0. The molecule has 1 aromatic rings. The van der Waals surface area contributed by atoms with E-state index < -0.39 is 0 Å². The maximum Gasteiger partial charge on any atom is 0.226 e. The lowest BCUT2D eigenvalue weighted by Gasteiger charge is -2.24. The monoisotopic (exact) mass is 306 g/mol. The van der Waals surface area contributed by atoms with Gasteiger partial charge in [0.05, 0.1) is 0 Å². The van der Waals surface area contributed by atoms with Gasteiger partial charge < -0.3 is 9.80 Å². The standard InChI is InChI=1S/C17H23ClN2O/c18-6-9-19-7-3-8-20(11-10-19)17(21)16-12-14-4-1-2-5-15(14)13-16/h1-2,4-5,16H,3,6-13H2. The molecule has 114 valence electrons. The number of hydrogen-bond acceptors (Lipinski definition) is 2. The number of hydrogen-bond donors (Lipinski definition) is 0. The Morgan fingerprint density at radius 3 is 2.48 bits per heavy atom. The normalized spacial score (nSPS) is 20.3. The molecule has 1 aliphatic heterocycles. The van der Waals surface area contributed by atoms with Gasteiger partial charge in [-0.3, -0.25) is 4.79 Å². The van der Waals surface area contributed by atoms with Crippen LogP contribution >= 0.6 is 11.6 Å². The molecule has 0 bridgehead atoms. The molecule has 1 aromatic carbocycles. The number of fused-ring (bicyclic) bond motifs is 1. The van der Waals surface area contributed by atoms with Gasteiger partial charge in [-0.2, -0.15) is 0 Å². The Bertz CT molecular complexity index is 480. The quantitative estimate of drug-likeness (QED) is 0.799. The Labute approximate surface area is 131 Å². The first-order valence-corrected chi connectivity index (χ1v) is 8.45. The van der Waals surface area contributed by atoms with Crippen LogP contribution in [-0.2, 0) is 17.6 Å². The summed E-state index contributed by atoms with van der Waals surface area (Å²) in [6.45, 7) is 4.69. The van der Waals surface area contributed by atoms with Gasteiger partial charge in [-0.15, -0.1) is 11.6 Å². The van der Waals surface area contributed by atoms with Gasteiger partial charge in [-0.1, -0.05) is 24.3 Å². The minimum absolute atomic E-state index is 0.155. The molecule has 1 amide bonds. The number of alkyl halides is 1. The Kier molecular flexibility index (Phi) is 4.81. The van der Waals surface area contributed by atoms with Crippen molar-refractivity contribution in [3.63, 3.8) is 0 Å². The van der Waals surface area contributed by atoms with E-state index in [4.69, 9.17) is 11.6 Å². The average Bonchev–Trinajstić information content (AvgIpc) is 2.80. The van der Waals surface area contributed by atoms with Crippen molar-refractivity contribution in [3.05, 3.63) is 35.4 Å². The third-order valence-corrected chi connectivity index (χ3v) is 4.87. The van der Waals surface area contributed by atoms with Gasteiger partial charge in [0.2, 0.25) is 5.91 Å². The summed E-state index contributed by atoms with van der Waals surface area (Å²) < 4.78 is 0. The first-order valence-electron chi connectivity index (χ1n) is 7.92. The van der Waals surface area contributed by atoms with E-state index in [1.807, 2.05) is 0 Å². The number of rotatable bonds is 3. The van der Waals surface area contributed by atoms with Crippen LogP contribution in [-0.4, -0.2) is 54.3 Å². The topological polar surface area (TPSA) is 23.6 Å². The fourth-order valence-electron chi connectivity index (χ4n) is 3.53. The Hall–Kier alpha value is -1.06. The maximum atomic E-state index is 12.8. The van der Waals surface area contributed by atoms with Crippen molar-refractivity contribution in [1.82, 2.24) is 9.80 Å². The molecule has 0 atom stereocenters. The molecule has 3 rings (SSSR count). The summed E-state index contributed by atoms with van der Waals surface area (Å²) in [5, 5.41) is 0. The van der Waals surface area contributed by atoms with E-state index in [-0.39, 0.29) is 5.92 Å². The van der Waals surface area contributed by atoms with Crippen LogP contribution in [0.1, 0.15) is 17.5 Å². The molecule has 1 heterocycles. The third kappa shape index (κ3) is 3.41. The highest BCUT2D eigenvalue weighted by Crippen LogP contribution is 2.28. The Morgan fingerprint density at radius 2 is 1.81 bits per heavy atom. The van der Waals surface area contributed by atoms with Crippen LogP contribution in [0.2, 0.25) is 0 Å². The van der Waals surface area contributed by atoms with Gasteiger partial charge in [-0.25, -0.2) is 0 Å². The second-order valence-electron chi connectivity index (χ2n) is 6.08. The van der Waals surface area contributed by atoms with E-state index in [1.165, 1.54) is 11.1 Å². The van der Waals surface area contributed by atoms with Gasteiger partial charge in [0.1, 0.15) is 0 Å². The zero-order valence-electron chi connectivity index (χ0n) is 12.4. The molecular weight excluding hydrogens is 284 g/mol. The zero-order chi connectivity index (χ0) is 14.7. The van der Waals surface area contributed by atoms with Gasteiger partial charge in [0, 0.05) is 38.0 Å².